The van der Waals surface area contributed by atoms with E-state index in [1.54, 1.807) is 7.05 Å². The summed E-state index contributed by atoms with van der Waals surface area (Å²) >= 11 is 1.28. The van der Waals surface area contributed by atoms with Crippen LogP contribution < -0.4 is 26.6 Å². The number of rotatable bonds is 4. The van der Waals surface area contributed by atoms with Gasteiger partial charge in [-0.15, -0.1) is 11.3 Å². The van der Waals surface area contributed by atoms with Crippen LogP contribution in [0.25, 0.3) is 0 Å². The minimum atomic E-state index is -0.257. The molecule has 116 valence electrons. The largest absolute Gasteiger partial charge is 0.397 e. The van der Waals surface area contributed by atoms with E-state index in [1.807, 2.05) is 6.92 Å². The van der Waals surface area contributed by atoms with Gasteiger partial charge in [-0.3, -0.25) is 9.59 Å². The third-order valence-corrected chi connectivity index (χ3v) is 4.59. The van der Waals surface area contributed by atoms with Crippen molar-refractivity contribution in [2.75, 3.05) is 50.4 Å². The van der Waals surface area contributed by atoms with Gasteiger partial charge < -0.3 is 26.6 Å². The number of anilines is 2. The molecule has 0 atom stereocenters. The molecule has 0 spiro atoms. The molecule has 8 heteroatoms. The summed E-state index contributed by atoms with van der Waals surface area (Å²) in [6, 6.07) is 0. The van der Waals surface area contributed by atoms with Crippen molar-refractivity contribution in [2.45, 2.75) is 6.92 Å². The van der Waals surface area contributed by atoms with Crippen molar-refractivity contribution in [3.05, 3.63) is 10.4 Å². The molecule has 21 heavy (non-hydrogen) atoms. The third-order valence-electron chi connectivity index (χ3n) is 3.33. The number of nitrogen functional groups attached to an aromatic ring is 1. The average molecular weight is 311 g/mol. The predicted octanol–water partition coefficient (Wildman–Crippen LogP) is -0.151. The van der Waals surface area contributed by atoms with Crippen LogP contribution in [0.2, 0.25) is 0 Å². The second-order valence-corrected chi connectivity index (χ2v) is 5.70. The highest BCUT2D eigenvalue weighted by molar-refractivity contribution is 7.19. The number of carbonyl (C=O) groups is 2. The van der Waals surface area contributed by atoms with Crippen LogP contribution in [0.15, 0.2) is 0 Å². The highest BCUT2D eigenvalue weighted by Gasteiger charge is 2.28. The summed E-state index contributed by atoms with van der Waals surface area (Å²) in [5.41, 5.74) is 6.74. The Morgan fingerprint density at radius 2 is 2.00 bits per heavy atom. The van der Waals surface area contributed by atoms with Crippen LogP contribution in [-0.4, -0.2) is 51.6 Å². The van der Waals surface area contributed by atoms with Gasteiger partial charge in [0.15, 0.2) is 0 Å². The number of piperazine rings is 1. The lowest BCUT2D eigenvalue weighted by Gasteiger charge is -2.28. The molecular weight excluding hydrogens is 290 g/mol. The van der Waals surface area contributed by atoms with Crippen LogP contribution in [0.3, 0.4) is 0 Å². The number of nitrogens with two attached hydrogens (primary N) is 1. The predicted molar refractivity (Wildman–Crippen MR) is 85.2 cm³/mol. The molecule has 1 aromatic heterocycles. The Labute approximate surface area is 127 Å². The van der Waals surface area contributed by atoms with Crippen molar-refractivity contribution in [1.29, 1.82) is 0 Å². The first kappa shape index (κ1) is 15.6. The average Bonchev–Trinajstić information content (AvgIpc) is 2.85. The first-order valence-corrected chi connectivity index (χ1v) is 7.80. The topological polar surface area (TPSA) is 99.5 Å². The molecule has 0 bridgehead atoms. The van der Waals surface area contributed by atoms with E-state index in [1.165, 1.54) is 11.3 Å². The van der Waals surface area contributed by atoms with E-state index in [0.29, 0.717) is 17.0 Å². The van der Waals surface area contributed by atoms with Crippen molar-refractivity contribution in [1.82, 2.24) is 16.0 Å². The van der Waals surface area contributed by atoms with Gasteiger partial charge in [0, 0.05) is 39.8 Å². The van der Waals surface area contributed by atoms with Crippen molar-refractivity contribution < 1.29 is 9.59 Å². The fourth-order valence-corrected chi connectivity index (χ4v) is 3.46. The smallest absolute Gasteiger partial charge is 0.263 e. The van der Waals surface area contributed by atoms with Crippen molar-refractivity contribution >= 4 is 33.8 Å². The molecule has 1 aliphatic rings. The Balaban J connectivity index is 2.43. The maximum Gasteiger partial charge on any atom is 0.263 e. The van der Waals surface area contributed by atoms with Gasteiger partial charge in [-0.05, 0) is 6.92 Å². The molecule has 0 aliphatic carbocycles. The third kappa shape index (κ3) is 3.11. The van der Waals surface area contributed by atoms with Crippen LogP contribution in [0.4, 0.5) is 10.7 Å². The fourth-order valence-electron chi connectivity index (χ4n) is 2.28. The van der Waals surface area contributed by atoms with Crippen molar-refractivity contribution in [3.63, 3.8) is 0 Å². The van der Waals surface area contributed by atoms with E-state index in [-0.39, 0.29) is 17.5 Å². The standard InChI is InChI=1S/C13H21N5O2S/c1-3-17-12(20)10-9(14)8(11(19)15-2)13(21-10)18-6-4-16-5-7-18/h16H,3-7,14H2,1-2H3,(H,15,19)(H,17,20). The maximum absolute atomic E-state index is 12.1. The van der Waals surface area contributed by atoms with Crippen LogP contribution in [0.1, 0.15) is 27.0 Å². The molecular formula is C13H21N5O2S. The lowest BCUT2D eigenvalue weighted by Crippen LogP contribution is -2.43. The van der Waals surface area contributed by atoms with Gasteiger partial charge in [0.1, 0.15) is 9.88 Å². The Kier molecular flexibility index (Phi) is 5.03. The number of nitrogens with one attached hydrogen (secondary N) is 3. The van der Waals surface area contributed by atoms with Crippen molar-refractivity contribution in [2.24, 2.45) is 0 Å². The SMILES string of the molecule is CCNC(=O)c1sc(N2CCNCC2)c(C(=O)NC)c1N. The Morgan fingerprint density at radius 3 is 2.57 bits per heavy atom. The monoisotopic (exact) mass is 311 g/mol. The number of thiophene rings is 1. The molecule has 5 N–H and O–H groups in total. The van der Waals surface area contributed by atoms with Crippen LogP contribution in [-0.2, 0) is 0 Å². The van der Waals surface area contributed by atoms with Gasteiger partial charge in [-0.25, -0.2) is 0 Å². The quantitative estimate of drug-likeness (QED) is 0.620. The Bertz CT molecular complexity index is 537. The summed E-state index contributed by atoms with van der Waals surface area (Å²) < 4.78 is 0. The Morgan fingerprint density at radius 1 is 1.33 bits per heavy atom. The van der Waals surface area contributed by atoms with Crippen LogP contribution >= 0.6 is 11.3 Å². The second kappa shape index (κ2) is 6.77. The molecule has 0 radical (unpaired) electrons. The molecule has 0 unspecified atom stereocenters. The molecule has 2 amide bonds. The fraction of sp³-hybridized carbons (Fsp3) is 0.538. The van der Waals surface area contributed by atoms with Crippen LogP contribution in [0.5, 0.6) is 0 Å². The first-order chi connectivity index (χ1) is 10.1. The summed E-state index contributed by atoms with van der Waals surface area (Å²) in [5.74, 6) is -0.487. The molecule has 1 aliphatic heterocycles. The van der Waals surface area contributed by atoms with Gasteiger partial charge in [0.25, 0.3) is 11.8 Å². The minimum absolute atomic E-state index is 0.230. The maximum atomic E-state index is 12.1. The molecule has 0 aromatic carbocycles. The summed E-state index contributed by atoms with van der Waals surface area (Å²) in [4.78, 5) is 26.7. The first-order valence-electron chi connectivity index (χ1n) is 6.98. The highest BCUT2D eigenvalue weighted by Crippen LogP contribution is 2.38. The van der Waals surface area contributed by atoms with Gasteiger partial charge in [-0.2, -0.15) is 0 Å². The number of nitrogens with zero attached hydrogens (tertiary/aromatic N) is 1. The number of amides is 2. The molecule has 2 heterocycles. The zero-order valence-electron chi connectivity index (χ0n) is 12.3. The normalized spacial score (nSPS) is 14.9. The second-order valence-electron chi connectivity index (χ2n) is 4.70. The van der Waals surface area contributed by atoms with E-state index in [2.05, 4.69) is 20.9 Å². The van der Waals surface area contributed by atoms with E-state index in [4.69, 9.17) is 5.73 Å². The number of hydrogen-bond acceptors (Lipinski definition) is 6. The zero-order chi connectivity index (χ0) is 15.4. The van der Waals surface area contributed by atoms with E-state index in [9.17, 15) is 9.59 Å². The molecule has 1 saturated heterocycles. The van der Waals surface area contributed by atoms with Gasteiger partial charge in [-0.1, -0.05) is 0 Å². The molecule has 7 nitrogen and oxygen atoms in total. The van der Waals surface area contributed by atoms with E-state index >= 15 is 0 Å². The van der Waals surface area contributed by atoms with Crippen molar-refractivity contribution in [3.8, 4) is 0 Å². The van der Waals surface area contributed by atoms with Gasteiger partial charge >= 0.3 is 0 Å². The Hall–Kier alpha value is -1.80. The summed E-state index contributed by atoms with van der Waals surface area (Å²) in [7, 11) is 1.56. The molecule has 2 rings (SSSR count). The number of carbonyl (C=O) groups excluding carboxylic acids is 2. The summed E-state index contributed by atoms with van der Waals surface area (Å²) in [5, 5.41) is 9.37. The van der Waals surface area contributed by atoms with E-state index in [0.717, 1.165) is 31.2 Å². The lowest BCUT2D eigenvalue weighted by atomic mass is 10.2. The van der Waals surface area contributed by atoms with E-state index < -0.39 is 0 Å². The molecule has 0 saturated carbocycles. The summed E-state index contributed by atoms with van der Waals surface area (Å²) in [6.45, 7) is 5.65. The zero-order valence-corrected chi connectivity index (χ0v) is 13.1. The molecule has 1 aromatic rings. The van der Waals surface area contributed by atoms with Crippen LogP contribution in [0, 0.1) is 0 Å². The summed E-state index contributed by atoms with van der Waals surface area (Å²) in [6.07, 6.45) is 0. The number of hydrogen-bond donors (Lipinski definition) is 4. The van der Waals surface area contributed by atoms with Gasteiger partial charge in [0.2, 0.25) is 0 Å². The minimum Gasteiger partial charge on any atom is -0.397 e. The molecule has 1 fully saturated rings. The highest BCUT2D eigenvalue weighted by atomic mass is 32.1. The van der Waals surface area contributed by atoms with Gasteiger partial charge in [0.05, 0.1) is 11.3 Å². The lowest BCUT2D eigenvalue weighted by molar-refractivity contribution is 0.0959.